The number of halogens is 1. The number of benzene rings is 1. The molecule has 1 aliphatic heterocycles. The summed E-state index contributed by atoms with van der Waals surface area (Å²) >= 11 is 6.15. The van der Waals surface area contributed by atoms with Gasteiger partial charge < -0.3 is 15.0 Å². The van der Waals surface area contributed by atoms with E-state index in [-0.39, 0.29) is 17.9 Å². The van der Waals surface area contributed by atoms with E-state index in [9.17, 15) is 4.79 Å². The normalized spacial score (nSPS) is 26.0. The number of pyridine rings is 1. The highest BCUT2D eigenvalue weighted by Crippen LogP contribution is 2.45. The monoisotopic (exact) mass is 441 g/mol. The minimum atomic E-state index is 0.212. The second kappa shape index (κ2) is 10.6. The van der Waals surface area contributed by atoms with Gasteiger partial charge in [-0.15, -0.1) is 0 Å². The molecule has 2 fully saturated rings. The highest BCUT2D eigenvalue weighted by Gasteiger charge is 2.47. The third-order valence-corrected chi connectivity index (χ3v) is 7.12. The van der Waals surface area contributed by atoms with Gasteiger partial charge in [-0.3, -0.25) is 9.78 Å². The molecule has 4 atom stereocenters. The predicted octanol–water partition coefficient (Wildman–Crippen LogP) is 4.41. The van der Waals surface area contributed by atoms with Crippen LogP contribution in [0.5, 0.6) is 0 Å². The quantitative estimate of drug-likeness (QED) is 0.616. The maximum Gasteiger partial charge on any atom is 0.223 e. The Bertz CT molecular complexity index is 846. The van der Waals surface area contributed by atoms with Crippen molar-refractivity contribution < 1.29 is 9.53 Å². The summed E-state index contributed by atoms with van der Waals surface area (Å²) in [6.45, 7) is 2.28. The number of rotatable bonds is 8. The van der Waals surface area contributed by atoms with E-state index in [1.165, 1.54) is 11.1 Å². The van der Waals surface area contributed by atoms with Crippen molar-refractivity contribution in [2.75, 3.05) is 20.3 Å². The van der Waals surface area contributed by atoms with Gasteiger partial charge in [-0.1, -0.05) is 23.7 Å². The predicted molar refractivity (Wildman–Crippen MR) is 123 cm³/mol. The number of carbonyl (C=O) groups excluding carboxylic acids is 1. The molecule has 1 aromatic heterocycles. The number of amides is 1. The second-order valence-electron chi connectivity index (χ2n) is 8.71. The molecule has 2 aromatic rings. The number of hydrogen-bond acceptors (Lipinski definition) is 4. The third kappa shape index (κ3) is 5.28. The molecule has 0 radical (unpaired) electrons. The van der Waals surface area contributed by atoms with Crippen LogP contribution in [-0.2, 0) is 16.1 Å². The Morgan fingerprint density at radius 1 is 1.16 bits per heavy atom. The van der Waals surface area contributed by atoms with Gasteiger partial charge in [0.25, 0.3) is 0 Å². The van der Waals surface area contributed by atoms with Crippen LogP contribution in [-0.4, -0.2) is 48.1 Å². The summed E-state index contributed by atoms with van der Waals surface area (Å²) < 4.78 is 5.25. The largest absolute Gasteiger partial charge is 0.385 e. The van der Waals surface area contributed by atoms with Gasteiger partial charge in [-0.25, -0.2) is 0 Å². The van der Waals surface area contributed by atoms with E-state index in [1.54, 1.807) is 7.11 Å². The molecule has 4 rings (SSSR count). The zero-order valence-corrected chi connectivity index (χ0v) is 18.9. The van der Waals surface area contributed by atoms with E-state index in [0.29, 0.717) is 25.0 Å². The van der Waals surface area contributed by atoms with E-state index >= 15 is 0 Å². The average molecular weight is 442 g/mol. The summed E-state index contributed by atoms with van der Waals surface area (Å²) in [7, 11) is 1.72. The van der Waals surface area contributed by atoms with Crippen LogP contribution in [0.15, 0.2) is 48.8 Å². The Balaban J connectivity index is 1.58. The number of methoxy groups -OCH3 is 1. The molecule has 0 bridgehead atoms. The van der Waals surface area contributed by atoms with Crippen LogP contribution in [0.1, 0.15) is 49.1 Å². The van der Waals surface area contributed by atoms with Crippen molar-refractivity contribution in [3.8, 4) is 0 Å². The van der Waals surface area contributed by atoms with Gasteiger partial charge >= 0.3 is 0 Å². The van der Waals surface area contributed by atoms with Crippen LogP contribution in [0.3, 0.4) is 0 Å². The zero-order valence-electron chi connectivity index (χ0n) is 18.2. The standard InChI is InChI=1S/C25H32ClN3O2/c1-31-15-3-14-29-23-5-2-4-22(28-17-18-10-12-27-13-11-18)25(23)21(16-24(29)30)19-6-8-20(26)9-7-19/h6-13,21-23,25,28H,2-5,14-17H2,1H3/t21-,22+,23-,25+/m1/s1. The molecule has 1 saturated carbocycles. The van der Waals surface area contributed by atoms with Gasteiger partial charge in [0.1, 0.15) is 0 Å². The Morgan fingerprint density at radius 2 is 1.94 bits per heavy atom. The van der Waals surface area contributed by atoms with Gasteiger partial charge in [0.15, 0.2) is 0 Å². The molecule has 1 amide bonds. The number of carbonyl (C=O) groups is 1. The van der Waals surface area contributed by atoms with Crippen LogP contribution in [0, 0.1) is 5.92 Å². The van der Waals surface area contributed by atoms with Crippen LogP contribution in [0.25, 0.3) is 0 Å². The van der Waals surface area contributed by atoms with Crippen LogP contribution >= 0.6 is 11.6 Å². The lowest BCUT2D eigenvalue weighted by Gasteiger charge is -2.51. The highest BCUT2D eigenvalue weighted by molar-refractivity contribution is 6.30. The van der Waals surface area contributed by atoms with Gasteiger partial charge in [-0.05, 0) is 67.0 Å². The summed E-state index contributed by atoms with van der Waals surface area (Å²) in [5, 5.41) is 4.57. The van der Waals surface area contributed by atoms with Crippen molar-refractivity contribution >= 4 is 17.5 Å². The van der Waals surface area contributed by atoms with Crippen LogP contribution in [0.2, 0.25) is 5.02 Å². The molecule has 0 unspecified atom stereocenters. The molecule has 5 nitrogen and oxygen atoms in total. The van der Waals surface area contributed by atoms with Crippen LogP contribution in [0.4, 0.5) is 0 Å². The summed E-state index contributed by atoms with van der Waals surface area (Å²) in [6, 6.07) is 12.9. The first-order valence-corrected chi connectivity index (χ1v) is 11.7. The Labute approximate surface area is 190 Å². The van der Waals surface area contributed by atoms with Crippen molar-refractivity contribution in [1.29, 1.82) is 0 Å². The van der Waals surface area contributed by atoms with Crippen molar-refractivity contribution in [1.82, 2.24) is 15.2 Å². The number of nitrogens with one attached hydrogen (secondary N) is 1. The molecule has 1 N–H and O–H groups in total. The number of hydrogen-bond donors (Lipinski definition) is 1. The van der Waals surface area contributed by atoms with E-state index in [0.717, 1.165) is 43.8 Å². The Morgan fingerprint density at radius 3 is 2.68 bits per heavy atom. The fourth-order valence-corrected chi connectivity index (χ4v) is 5.57. The Hall–Kier alpha value is -1.95. The minimum Gasteiger partial charge on any atom is -0.385 e. The highest BCUT2D eigenvalue weighted by atomic mass is 35.5. The van der Waals surface area contributed by atoms with E-state index in [2.05, 4.69) is 39.5 Å². The molecule has 1 aromatic carbocycles. The number of fused-ring (bicyclic) bond motifs is 1. The topological polar surface area (TPSA) is 54.5 Å². The Kier molecular flexibility index (Phi) is 7.59. The molecule has 0 spiro atoms. The molecule has 166 valence electrons. The van der Waals surface area contributed by atoms with Crippen LogP contribution < -0.4 is 5.32 Å². The number of piperidine rings is 1. The SMILES string of the molecule is COCCCN1C(=O)C[C@H](c2ccc(Cl)cc2)[C@H]2[C@@H](NCc3ccncc3)CCC[C@H]21. The third-order valence-electron chi connectivity index (χ3n) is 6.87. The summed E-state index contributed by atoms with van der Waals surface area (Å²) in [4.78, 5) is 19.5. The van der Waals surface area contributed by atoms with E-state index < -0.39 is 0 Å². The molecular formula is C25H32ClN3O2. The van der Waals surface area contributed by atoms with Gasteiger partial charge in [0, 0.05) is 68.6 Å². The summed E-state index contributed by atoms with van der Waals surface area (Å²) in [6.07, 6.45) is 8.46. The lowest BCUT2D eigenvalue weighted by Crippen LogP contribution is -2.59. The fourth-order valence-electron chi connectivity index (χ4n) is 5.45. The first-order chi connectivity index (χ1) is 15.2. The van der Waals surface area contributed by atoms with E-state index in [4.69, 9.17) is 16.3 Å². The molecular weight excluding hydrogens is 410 g/mol. The van der Waals surface area contributed by atoms with Gasteiger partial charge in [-0.2, -0.15) is 0 Å². The number of aromatic nitrogens is 1. The van der Waals surface area contributed by atoms with Crippen molar-refractivity contribution in [3.05, 3.63) is 64.9 Å². The van der Waals surface area contributed by atoms with Gasteiger partial charge in [0.2, 0.25) is 5.91 Å². The molecule has 2 aliphatic rings. The molecule has 31 heavy (non-hydrogen) atoms. The summed E-state index contributed by atoms with van der Waals surface area (Å²) in [5.41, 5.74) is 2.46. The lowest BCUT2D eigenvalue weighted by atomic mass is 9.66. The maximum atomic E-state index is 13.2. The molecule has 6 heteroatoms. The first kappa shape index (κ1) is 22.3. The average Bonchev–Trinajstić information content (AvgIpc) is 2.80. The zero-order chi connectivity index (χ0) is 21.6. The molecule has 2 heterocycles. The molecule has 1 saturated heterocycles. The van der Waals surface area contributed by atoms with Crippen molar-refractivity contribution in [3.63, 3.8) is 0 Å². The number of nitrogens with zero attached hydrogens (tertiary/aromatic N) is 2. The lowest BCUT2D eigenvalue weighted by molar-refractivity contribution is -0.142. The van der Waals surface area contributed by atoms with E-state index in [1.807, 2.05) is 24.5 Å². The number of likely N-dealkylation sites (tertiary alicyclic amines) is 1. The number of ether oxygens (including phenoxy) is 1. The van der Waals surface area contributed by atoms with Crippen molar-refractivity contribution in [2.24, 2.45) is 5.92 Å². The fraction of sp³-hybridized carbons (Fsp3) is 0.520. The van der Waals surface area contributed by atoms with Crippen molar-refractivity contribution in [2.45, 2.75) is 56.7 Å². The van der Waals surface area contributed by atoms with Gasteiger partial charge in [0.05, 0.1) is 0 Å². The smallest absolute Gasteiger partial charge is 0.223 e. The second-order valence-corrected chi connectivity index (χ2v) is 9.15. The first-order valence-electron chi connectivity index (χ1n) is 11.3. The summed E-state index contributed by atoms with van der Waals surface area (Å²) in [5.74, 6) is 0.868. The minimum absolute atomic E-state index is 0.212. The maximum absolute atomic E-state index is 13.2. The molecule has 1 aliphatic carbocycles.